The van der Waals surface area contributed by atoms with Crippen LogP contribution in [0.1, 0.15) is 15.4 Å². The standard InChI is InChI=1S/C10H11BrN2S2/c1-7-9(14-6-13-7)5-12-4-8-2-3-10(11)15-8/h2-3,6,12H,4-5H2,1H3. The second-order valence-electron chi connectivity index (χ2n) is 3.17. The summed E-state index contributed by atoms with van der Waals surface area (Å²) in [7, 11) is 0. The minimum atomic E-state index is 0.909. The number of aryl methyl sites for hydroxylation is 1. The molecule has 0 aromatic carbocycles. The quantitative estimate of drug-likeness (QED) is 0.934. The summed E-state index contributed by atoms with van der Waals surface area (Å²) in [5, 5.41) is 3.42. The van der Waals surface area contributed by atoms with Gasteiger partial charge in [0.2, 0.25) is 0 Å². The van der Waals surface area contributed by atoms with Gasteiger partial charge in [-0.25, -0.2) is 4.98 Å². The van der Waals surface area contributed by atoms with E-state index in [0.717, 1.165) is 18.8 Å². The summed E-state index contributed by atoms with van der Waals surface area (Å²) in [5.74, 6) is 0. The first-order valence-corrected chi connectivity index (χ1v) is 7.08. The maximum atomic E-state index is 4.22. The van der Waals surface area contributed by atoms with Crippen molar-refractivity contribution in [2.45, 2.75) is 20.0 Å². The van der Waals surface area contributed by atoms with Gasteiger partial charge in [0, 0.05) is 22.8 Å². The van der Waals surface area contributed by atoms with Gasteiger partial charge in [-0.05, 0) is 35.0 Å². The number of thiazole rings is 1. The lowest BCUT2D eigenvalue weighted by molar-refractivity contribution is 0.705. The van der Waals surface area contributed by atoms with Gasteiger partial charge in [-0.15, -0.1) is 22.7 Å². The molecule has 1 N–H and O–H groups in total. The van der Waals surface area contributed by atoms with Crippen molar-refractivity contribution in [1.82, 2.24) is 10.3 Å². The number of rotatable bonds is 4. The number of aromatic nitrogens is 1. The van der Waals surface area contributed by atoms with Gasteiger partial charge in [0.05, 0.1) is 15.0 Å². The van der Waals surface area contributed by atoms with E-state index in [1.54, 1.807) is 22.7 Å². The summed E-state index contributed by atoms with van der Waals surface area (Å²) >= 11 is 6.94. The predicted octanol–water partition coefficient (Wildman–Crippen LogP) is 3.57. The number of hydrogen-bond acceptors (Lipinski definition) is 4. The maximum Gasteiger partial charge on any atom is 0.0798 e. The van der Waals surface area contributed by atoms with E-state index in [9.17, 15) is 0 Å². The van der Waals surface area contributed by atoms with Crippen LogP contribution in [0.3, 0.4) is 0 Å². The van der Waals surface area contributed by atoms with Crippen LogP contribution in [0.4, 0.5) is 0 Å². The Bertz CT molecular complexity index is 436. The zero-order valence-corrected chi connectivity index (χ0v) is 11.5. The molecule has 2 aromatic rings. The summed E-state index contributed by atoms with van der Waals surface area (Å²) in [6, 6.07) is 4.22. The molecule has 0 unspecified atom stereocenters. The molecule has 2 aromatic heterocycles. The smallest absolute Gasteiger partial charge is 0.0798 e. The van der Waals surface area contributed by atoms with E-state index in [1.165, 1.54) is 13.5 Å². The molecule has 0 aliphatic rings. The largest absolute Gasteiger partial charge is 0.307 e. The van der Waals surface area contributed by atoms with Crippen molar-refractivity contribution >= 4 is 38.6 Å². The Morgan fingerprint density at radius 1 is 1.40 bits per heavy atom. The first-order valence-electron chi connectivity index (χ1n) is 4.59. The fraction of sp³-hybridized carbons (Fsp3) is 0.300. The van der Waals surface area contributed by atoms with Gasteiger partial charge in [-0.2, -0.15) is 0 Å². The Morgan fingerprint density at radius 3 is 2.87 bits per heavy atom. The van der Waals surface area contributed by atoms with Crippen LogP contribution in [0, 0.1) is 6.92 Å². The molecule has 0 radical (unpaired) electrons. The fourth-order valence-electron chi connectivity index (χ4n) is 1.24. The van der Waals surface area contributed by atoms with Crippen LogP contribution < -0.4 is 5.32 Å². The normalized spacial score (nSPS) is 10.8. The molecule has 2 heterocycles. The molecule has 0 saturated carbocycles. The lowest BCUT2D eigenvalue weighted by Crippen LogP contribution is -2.11. The van der Waals surface area contributed by atoms with Crippen molar-refractivity contribution in [3.05, 3.63) is 36.9 Å². The molecule has 2 nitrogen and oxygen atoms in total. The van der Waals surface area contributed by atoms with Crippen LogP contribution in [0.25, 0.3) is 0 Å². The highest BCUT2D eigenvalue weighted by atomic mass is 79.9. The van der Waals surface area contributed by atoms with Gasteiger partial charge in [0.15, 0.2) is 0 Å². The van der Waals surface area contributed by atoms with Crippen LogP contribution in [0.15, 0.2) is 21.4 Å². The lowest BCUT2D eigenvalue weighted by Gasteiger charge is -2.00. The molecule has 0 bridgehead atoms. The molecular weight excluding hydrogens is 292 g/mol. The lowest BCUT2D eigenvalue weighted by atomic mass is 10.4. The molecule has 0 aliphatic carbocycles. The molecule has 0 atom stereocenters. The number of nitrogens with zero attached hydrogens (tertiary/aromatic N) is 1. The third kappa shape index (κ3) is 3.11. The zero-order valence-electron chi connectivity index (χ0n) is 8.29. The van der Waals surface area contributed by atoms with E-state index < -0.39 is 0 Å². The third-order valence-electron chi connectivity index (χ3n) is 2.06. The van der Waals surface area contributed by atoms with Crippen molar-refractivity contribution in [1.29, 1.82) is 0 Å². The zero-order chi connectivity index (χ0) is 10.7. The average Bonchev–Trinajstić information content (AvgIpc) is 2.77. The highest BCUT2D eigenvalue weighted by Crippen LogP contribution is 2.22. The maximum absolute atomic E-state index is 4.22. The Labute approximate surface area is 106 Å². The van der Waals surface area contributed by atoms with Gasteiger partial charge in [0.1, 0.15) is 0 Å². The molecule has 0 aliphatic heterocycles. The van der Waals surface area contributed by atoms with E-state index in [4.69, 9.17) is 0 Å². The van der Waals surface area contributed by atoms with E-state index in [2.05, 4.69) is 45.3 Å². The van der Waals surface area contributed by atoms with Gasteiger partial charge >= 0.3 is 0 Å². The summed E-state index contributed by atoms with van der Waals surface area (Å²) in [5.41, 5.74) is 3.04. The van der Waals surface area contributed by atoms with Crippen molar-refractivity contribution < 1.29 is 0 Å². The molecule has 15 heavy (non-hydrogen) atoms. The molecule has 0 fully saturated rings. The first-order chi connectivity index (χ1) is 7.25. The van der Waals surface area contributed by atoms with Crippen LogP contribution >= 0.6 is 38.6 Å². The molecule has 0 saturated heterocycles. The number of thiophene rings is 1. The van der Waals surface area contributed by atoms with Gasteiger partial charge in [0.25, 0.3) is 0 Å². The topological polar surface area (TPSA) is 24.9 Å². The Balaban J connectivity index is 1.83. The summed E-state index contributed by atoms with van der Waals surface area (Å²) in [6.45, 7) is 3.88. The summed E-state index contributed by atoms with van der Waals surface area (Å²) < 4.78 is 1.19. The van der Waals surface area contributed by atoms with Crippen LogP contribution in [-0.4, -0.2) is 4.98 Å². The van der Waals surface area contributed by atoms with Crippen LogP contribution in [0.2, 0.25) is 0 Å². The second-order valence-corrected chi connectivity index (χ2v) is 6.66. The Kier molecular flexibility index (Phi) is 3.91. The number of nitrogens with one attached hydrogen (secondary N) is 1. The van der Waals surface area contributed by atoms with E-state index in [-0.39, 0.29) is 0 Å². The van der Waals surface area contributed by atoms with Crippen molar-refractivity contribution in [2.24, 2.45) is 0 Å². The Hall–Kier alpha value is -0.230. The summed E-state index contributed by atoms with van der Waals surface area (Å²) in [6.07, 6.45) is 0. The minimum Gasteiger partial charge on any atom is -0.307 e. The monoisotopic (exact) mass is 302 g/mol. The van der Waals surface area contributed by atoms with Gasteiger partial charge < -0.3 is 5.32 Å². The van der Waals surface area contributed by atoms with Crippen LogP contribution in [-0.2, 0) is 13.1 Å². The molecular formula is C10H11BrN2S2. The molecule has 80 valence electrons. The molecule has 0 spiro atoms. The number of halogens is 1. The molecule has 2 rings (SSSR count). The van der Waals surface area contributed by atoms with Crippen molar-refractivity contribution in [3.63, 3.8) is 0 Å². The second kappa shape index (κ2) is 5.21. The number of hydrogen-bond donors (Lipinski definition) is 1. The first kappa shape index (κ1) is 11.3. The highest BCUT2D eigenvalue weighted by Gasteiger charge is 2.01. The van der Waals surface area contributed by atoms with E-state index in [0.29, 0.717) is 0 Å². The van der Waals surface area contributed by atoms with Crippen molar-refractivity contribution in [3.8, 4) is 0 Å². The van der Waals surface area contributed by atoms with Gasteiger partial charge in [-0.3, -0.25) is 0 Å². The summed E-state index contributed by atoms with van der Waals surface area (Å²) in [4.78, 5) is 6.90. The SMILES string of the molecule is Cc1ncsc1CNCc1ccc(Br)s1. The highest BCUT2D eigenvalue weighted by molar-refractivity contribution is 9.11. The molecule has 0 amide bonds. The predicted molar refractivity (Wildman–Crippen MR) is 69.4 cm³/mol. The van der Waals surface area contributed by atoms with E-state index >= 15 is 0 Å². The minimum absolute atomic E-state index is 0.909. The van der Waals surface area contributed by atoms with Crippen LogP contribution in [0.5, 0.6) is 0 Å². The molecule has 5 heteroatoms. The van der Waals surface area contributed by atoms with Crippen molar-refractivity contribution in [2.75, 3.05) is 0 Å². The Morgan fingerprint density at radius 2 is 2.27 bits per heavy atom. The fourth-order valence-corrected chi connectivity index (χ4v) is 3.44. The third-order valence-corrected chi connectivity index (χ3v) is 4.62. The average molecular weight is 303 g/mol. The van der Waals surface area contributed by atoms with E-state index in [1.807, 2.05) is 5.51 Å². The van der Waals surface area contributed by atoms with Gasteiger partial charge in [-0.1, -0.05) is 0 Å².